The lowest BCUT2D eigenvalue weighted by atomic mass is 9.96. The highest BCUT2D eigenvalue weighted by Gasteiger charge is 2.18. The van der Waals surface area contributed by atoms with Gasteiger partial charge in [-0.1, -0.05) is 43.7 Å². The number of nitrogens with one attached hydrogen (secondary N) is 2. The Hall–Kier alpha value is -2.28. The third-order valence-corrected chi connectivity index (χ3v) is 2.84. The molecular weight excluding hydrogens is 240 g/mol. The molecule has 0 aromatic heterocycles. The summed E-state index contributed by atoms with van der Waals surface area (Å²) < 4.78 is 0. The predicted molar refractivity (Wildman–Crippen MR) is 74.6 cm³/mol. The average Bonchev–Trinajstić information content (AvgIpc) is 2.70. The van der Waals surface area contributed by atoms with Gasteiger partial charge in [0.05, 0.1) is 0 Å². The molecule has 19 heavy (non-hydrogen) atoms. The summed E-state index contributed by atoms with van der Waals surface area (Å²) >= 11 is 0. The second-order valence-corrected chi connectivity index (χ2v) is 4.04. The molecule has 0 heterocycles. The van der Waals surface area contributed by atoms with Gasteiger partial charge in [-0.25, -0.2) is 20.4 Å². The number of isocyanates is 2. The smallest absolute Gasteiger partial charge is 0.222 e. The van der Waals surface area contributed by atoms with E-state index in [4.69, 9.17) is 20.4 Å². The van der Waals surface area contributed by atoms with E-state index in [0.29, 0.717) is 5.92 Å². The quantitative estimate of drug-likeness (QED) is 0.625. The summed E-state index contributed by atoms with van der Waals surface area (Å²) in [7, 11) is 0. The van der Waals surface area contributed by atoms with E-state index in [0.717, 1.165) is 12.2 Å². The van der Waals surface area contributed by atoms with Crippen LogP contribution in [0.1, 0.15) is 43.7 Å². The van der Waals surface area contributed by atoms with Crippen molar-refractivity contribution in [2.24, 2.45) is 0 Å². The van der Waals surface area contributed by atoms with Crippen molar-refractivity contribution in [3.05, 3.63) is 41.5 Å². The van der Waals surface area contributed by atoms with Crippen LogP contribution >= 0.6 is 0 Å². The van der Waals surface area contributed by atoms with Gasteiger partial charge in [0.15, 0.2) is 0 Å². The molecule has 1 aliphatic rings. The minimum absolute atomic E-state index is 0.682. The number of benzene rings is 1. The first kappa shape index (κ1) is 16.7. The lowest BCUT2D eigenvalue weighted by Gasteiger charge is -2.08. The number of fused-ring (bicyclic) bond motifs is 1. The van der Waals surface area contributed by atoms with Crippen LogP contribution in [-0.4, -0.2) is 12.2 Å². The van der Waals surface area contributed by atoms with E-state index >= 15 is 0 Å². The van der Waals surface area contributed by atoms with Gasteiger partial charge >= 0.3 is 0 Å². The molecule has 100 valence electrons. The Bertz CT molecular complexity index is 483. The lowest BCUT2D eigenvalue weighted by molar-refractivity contribution is 0.562. The minimum atomic E-state index is 0.682. The van der Waals surface area contributed by atoms with Crippen LogP contribution in [-0.2, 0) is 9.59 Å². The highest BCUT2D eigenvalue weighted by Crippen LogP contribution is 2.37. The summed E-state index contributed by atoms with van der Waals surface area (Å²) in [6.07, 6.45) is 6.46. The van der Waals surface area contributed by atoms with Gasteiger partial charge in [0.1, 0.15) is 0 Å². The van der Waals surface area contributed by atoms with E-state index in [1.54, 1.807) is 0 Å². The Morgan fingerprint density at radius 1 is 1.16 bits per heavy atom. The van der Waals surface area contributed by atoms with Gasteiger partial charge in [-0.3, -0.25) is 0 Å². The van der Waals surface area contributed by atoms with Crippen LogP contribution in [0.5, 0.6) is 0 Å². The third-order valence-electron chi connectivity index (χ3n) is 2.84. The highest BCUT2D eigenvalue weighted by molar-refractivity contribution is 5.73. The lowest BCUT2D eigenvalue weighted by Crippen LogP contribution is -1.91. The Kier molecular flexibility index (Phi) is 8.55. The number of carbonyl (C=O) groups excluding carboxylic acids is 2. The van der Waals surface area contributed by atoms with E-state index in [2.05, 4.69) is 44.2 Å². The van der Waals surface area contributed by atoms with E-state index in [1.807, 2.05) is 0 Å². The second-order valence-electron chi connectivity index (χ2n) is 4.04. The zero-order valence-corrected chi connectivity index (χ0v) is 11.2. The SMILES string of the molecule is CCCC1C=C(C)c2ccccc21.N=C=O.N=C=O. The molecule has 0 radical (unpaired) electrons. The number of rotatable bonds is 2. The topological polar surface area (TPSA) is 81.8 Å². The normalized spacial score (nSPS) is 14.4. The minimum Gasteiger partial charge on any atom is -0.222 e. The zero-order valence-electron chi connectivity index (χ0n) is 11.2. The number of hydrogen-bond donors (Lipinski definition) is 2. The molecule has 1 unspecified atom stereocenters. The van der Waals surface area contributed by atoms with Gasteiger partial charge in [0, 0.05) is 5.92 Å². The summed E-state index contributed by atoms with van der Waals surface area (Å²) in [5.74, 6) is 0.682. The van der Waals surface area contributed by atoms with Gasteiger partial charge < -0.3 is 0 Å². The molecule has 0 aliphatic heterocycles. The van der Waals surface area contributed by atoms with Crippen molar-refractivity contribution >= 4 is 17.7 Å². The van der Waals surface area contributed by atoms with Crippen LogP contribution in [0.15, 0.2) is 30.3 Å². The fourth-order valence-electron chi connectivity index (χ4n) is 2.21. The molecule has 0 saturated carbocycles. The Morgan fingerprint density at radius 2 is 1.68 bits per heavy atom. The van der Waals surface area contributed by atoms with Gasteiger partial charge in [-0.05, 0) is 30.0 Å². The number of allylic oxidation sites excluding steroid dienone is 2. The van der Waals surface area contributed by atoms with Crippen LogP contribution in [0.25, 0.3) is 5.57 Å². The second kappa shape index (κ2) is 9.72. The first-order chi connectivity index (χ1) is 9.15. The fraction of sp³-hybridized carbons (Fsp3) is 0.333. The molecule has 2 rings (SSSR count). The molecule has 0 amide bonds. The molecule has 2 N–H and O–H groups in total. The Balaban J connectivity index is 0.000000465. The van der Waals surface area contributed by atoms with E-state index in [9.17, 15) is 0 Å². The maximum atomic E-state index is 8.35. The molecule has 4 heteroatoms. The average molecular weight is 258 g/mol. The van der Waals surface area contributed by atoms with E-state index in [-0.39, 0.29) is 0 Å². The van der Waals surface area contributed by atoms with Crippen LogP contribution < -0.4 is 0 Å². The molecule has 4 nitrogen and oxygen atoms in total. The Morgan fingerprint density at radius 3 is 2.21 bits per heavy atom. The summed E-state index contributed by atoms with van der Waals surface area (Å²) in [6, 6.07) is 8.78. The van der Waals surface area contributed by atoms with E-state index in [1.165, 1.54) is 29.5 Å². The largest absolute Gasteiger partial charge is 0.231 e. The maximum absolute atomic E-state index is 8.35. The van der Waals surface area contributed by atoms with Crippen molar-refractivity contribution in [2.75, 3.05) is 0 Å². The van der Waals surface area contributed by atoms with Crippen LogP contribution in [0.4, 0.5) is 0 Å². The third kappa shape index (κ3) is 5.26. The molecular formula is C15H18N2O2. The maximum Gasteiger partial charge on any atom is 0.231 e. The first-order valence-electron chi connectivity index (χ1n) is 6.01. The zero-order chi connectivity index (χ0) is 14.7. The predicted octanol–water partition coefficient (Wildman–Crippen LogP) is 3.79. The molecule has 1 aliphatic carbocycles. The van der Waals surface area contributed by atoms with Gasteiger partial charge in [-0.15, -0.1) is 0 Å². The van der Waals surface area contributed by atoms with Crippen molar-refractivity contribution in [1.82, 2.24) is 0 Å². The Labute approximate surface area is 113 Å². The van der Waals surface area contributed by atoms with Crippen molar-refractivity contribution in [2.45, 2.75) is 32.6 Å². The fourth-order valence-corrected chi connectivity index (χ4v) is 2.21. The highest BCUT2D eigenvalue weighted by atomic mass is 16.1. The van der Waals surface area contributed by atoms with Crippen LogP contribution in [0, 0.1) is 10.8 Å². The molecule has 0 bridgehead atoms. The van der Waals surface area contributed by atoms with Crippen molar-refractivity contribution < 1.29 is 9.59 Å². The van der Waals surface area contributed by atoms with Crippen molar-refractivity contribution in [3.63, 3.8) is 0 Å². The number of hydrogen-bond acceptors (Lipinski definition) is 4. The van der Waals surface area contributed by atoms with Gasteiger partial charge in [-0.2, -0.15) is 0 Å². The van der Waals surface area contributed by atoms with Crippen molar-refractivity contribution in [1.29, 1.82) is 10.8 Å². The van der Waals surface area contributed by atoms with Gasteiger partial charge in [0.25, 0.3) is 0 Å². The summed E-state index contributed by atoms with van der Waals surface area (Å²) in [5.41, 5.74) is 4.44. The molecule has 0 saturated heterocycles. The van der Waals surface area contributed by atoms with Gasteiger partial charge in [0.2, 0.25) is 12.2 Å². The van der Waals surface area contributed by atoms with Crippen LogP contribution in [0.2, 0.25) is 0 Å². The molecule has 0 fully saturated rings. The standard InChI is InChI=1S/C13H16.2CHNO/c1-3-6-11-9-10(2)12-7-4-5-8-13(11)12;2*2-1-3/h4-5,7-9,11H,3,6H2,1-2H3;2*2H. The van der Waals surface area contributed by atoms with E-state index < -0.39 is 0 Å². The molecule has 1 atom stereocenters. The summed E-state index contributed by atoms with van der Waals surface area (Å²) in [4.78, 5) is 16.7. The monoisotopic (exact) mass is 258 g/mol. The first-order valence-corrected chi connectivity index (χ1v) is 6.01. The molecule has 0 spiro atoms. The van der Waals surface area contributed by atoms with Crippen molar-refractivity contribution in [3.8, 4) is 0 Å². The summed E-state index contributed by atoms with van der Waals surface area (Å²) in [6.45, 7) is 4.47. The molecule has 1 aromatic carbocycles. The molecule has 1 aromatic rings. The van der Waals surface area contributed by atoms with Crippen LogP contribution in [0.3, 0.4) is 0 Å². The summed E-state index contributed by atoms with van der Waals surface area (Å²) in [5, 5.41) is 10.8.